The van der Waals surface area contributed by atoms with Gasteiger partial charge in [0.15, 0.2) is 5.16 Å². The summed E-state index contributed by atoms with van der Waals surface area (Å²) in [4.78, 5) is 2.11. The van der Waals surface area contributed by atoms with Crippen LogP contribution < -0.4 is 0 Å². The smallest absolute Gasteiger partial charge is 0.292 e. The van der Waals surface area contributed by atoms with Crippen molar-refractivity contribution < 1.29 is 4.39 Å². The number of nitrogens with one attached hydrogen (secondary N) is 1. The summed E-state index contributed by atoms with van der Waals surface area (Å²) < 4.78 is 11.6. The van der Waals surface area contributed by atoms with Crippen LogP contribution >= 0.6 is 12.6 Å². The first-order valence-corrected chi connectivity index (χ1v) is 2.01. The van der Waals surface area contributed by atoms with Crippen LogP contribution in [0.4, 0.5) is 4.39 Å². The van der Waals surface area contributed by atoms with Gasteiger partial charge in [0.25, 0.3) is 0 Å². The highest BCUT2D eigenvalue weighted by Crippen LogP contribution is 1.92. The number of hydrogen-bond donors (Lipinski definition) is 2. The highest BCUT2D eigenvalue weighted by Gasteiger charge is 1.91. The first kappa shape index (κ1) is 4.58. The molecule has 0 atom stereocenters. The summed E-state index contributed by atoms with van der Waals surface area (Å²) in [6, 6.07) is 0. The van der Waals surface area contributed by atoms with E-state index in [-0.39, 0.29) is 5.16 Å². The molecule has 3 nitrogen and oxygen atoms in total. The normalized spacial score (nSPS) is 9.43. The Kier molecular flexibility index (Phi) is 0.976. The van der Waals surface area contributed by atoms with Gasteiger partial charge < -0.3 is 0 Å². The second-order valence-electron chi connectivity index (χ2n) is 0.939. The molecule has 38 valence electrons. The Morgan fingerprint density at radius 2 is 2.29 bits per heavy atom. The van der Waals surface area contributed by atoms with Crippen LogP contribution in [0.3, 0.4) is 0 Å². The van der Waals surface area contributed by atoms with Crippen LogP contribution in [0.2, 0.25) is 0 Å². The third-order valence-corrected chi connectivity index (χ3v) is 0.649. The van der Waals surface area contributed by atoms with E-state index in [1.165, 1.54) is 0 Å². The molecule has 0 radical (unpaired) electrons. The molecule has 7 heavy (non-hydrogen) atoms. The van der Waals surface area contributed by atoms with Crippen molar-refractivity contribution in [1.82, 2.24) is 15.2 Å². The number of aromatic nitrogens is 3. The fourth-order valence-electron chi connectivity index (χ4n) is 0.234. The minimum Gasteiger partial charge on any atom is -0.292 e. The summed E-state index contributed by atoms with van der Waals surface area (Å²) in [6.07, 6.45) is -0.704. The van der Waals surface area contributed by atoms with E-state index in [1.54, 1.807) is 0 Å². The van der Waals surface area contributed by atoms with Crippen molar-refractivity contribution >= 4 is 12.6 Å². The topological polar surface area (TPSA) is 41.6 Å². The molecule has 0 saturated heterocycles. The van der Waals surface area contributed by atoms with E-state index in [0.717, 1.165) is 0 Å². The van der Waals surface area contributed by atoms with Gasteiger partial charge in [0.2, 0.25) is 0 Å². The number of rotatable bonds is 0. The minimum atomic E-state index is -0.704. The summed E-state index contributed by atoms with van der Waals surface area (Å²) in [6.45, 7) is 0. The van der Waals surface area contributed by atoms with Gasteiger partial charge in [-0.15, -0.1) is 17.7 Å². The van der Waals surface area contributed by atoms with Crippen LogP contribution in [-0.4, -0.2) is 15.2 Å². The van der Waals surface area contributed by atoms with Gasteiger partial charge in [0, 0.05) is 0 Å². The average molecular weight is 119 g/mol. The molecular weight excluding hydrogens is 117 g/mol. The Morgan fingerprint density at radius 3 is 2.43 bits per heavy atom. The minimum absolute atomic E-state index is 0.192. The fourth-order valence-corrected chi connectivity index (χ4v) is 0.370. The van der Waals surface area contributed by atoms with Crippen LogP contribution in [0.25, 0.3) is 0 Å². The third kappa shape index (κ3) is 0.894. The summed E-state index contributed by atoms with van der Waals surface area (Å²) >= 11 is 3.64. The van der Waals surface area contributed by atoms with Crippen LogP contribution in [-0.2, 0) is 0 Å². The zero-order valence-electron chi connectivity index (χ0n) is 3.22. The fraction of sp³-hybridized carbons (Fsp3) is 0. The van der Waals surface area contributed by atoms with Crippen LogP contribution in [0.15, 0.2) is 5.16 Å². The maximum Gasteiger partial charge on any atom is 0.307 e. The van der Waals surface area contributed by atoms with Gasteiger partial charge in [-0.05, 0) is 0 Å². The first-order chi connectivity index (χ1) is 3.29. The van der Waals surface area contributed by atoms with Crippen molar-refractivity contribution in [2.24, 2.45) is 0 Å². The SMILES string of the molecule is Fc1nnc(S)[nH]1. The van der Waals surface area contributed by atoms with Crippen molar-refractivity contribution in [3.63, 3.8) is 0 Å². The molecular formula is C2H2FN3S. The number of H-pyrrole nitrogens is 1. The molecule has 0 fully saturated rings. The molecule has 0 unspecified atom stereocenters. The lowest BCUT2D eigenvalue weighted by atomic mass is 11.2. The Labute approximate surface area is 44.4 Å². The van der Waals surface area contributed by atoms with E-state index < -0.39 is 6.08 Å². The predicted octanol–water partition coefficient (Wildman–Crippen LogP) is 0.232. The van der Waals surface area contributed by atoms with E-state index in [0.29, 0.717) is 0 Å². The summed E-state index contributed by atoms with van der Waals surface area (Å²) in [7, 11) is 0. The molecule has 0 aliphatic carbocycles. The number of nitrogens with zero attached hydrogens (tertiary/aromatic N) is 2. The van der Waals surface area contributed by atoms with Gasteiger partial charge in [0.05, 0.1) is 0 Å². The molecule has 0 aromatic carbocycles. The maximum absolute atomic E-state index is 11.6. The number of thiol groups is 1. The maximum atomic E-state index is 11.6. The standard InChI is InChI=1S/C2H2FN3S/c3-1-4-2(7)6-5-1/h(H2,4,5,6,7). The lowest BCUT2D eigenvalue weighted by molar-refractivity contribution is 0.542. The second-order valence-corrected chi connectivity index (χ2v) is 1.36. The van der Waals surface area contributed by atoms with Gasteiger partial charge in [-0.2, -0.15) is 4.39 Å². The van der Waals surface area contributed by atoms with Crippen LogP contribution in [0, 0.1) is 6.08 Å². The van der Waals surface area contributed by atoms with Crippen LogP contribution in [0.5, 0.6) is 0 Å². The predicted molar refractivity (Wildman–Crippen MR) is 23.6 cm³/mol. The van der Waals surface area contributed by atoms with Crippen molar-refractivity contribution in [2.45, 2.75) is 5.16 Å². The van der Waals surface area contributed by atoms with Gasteiger partial charge in [-0.1, -0.05) is 5.10 Å². The van der Waals surface area contributed by atoms with Crippen molar-refractivity contribution in [2.75, 3.05) is 0 Å². The molecule has 0 aliphatic heterocycles. The van der Waals surface area contributed by atoms with Crippen LogP contribution in [0.1, 0.15) is 0 Å². The van der Waals surface area contributed by atoms with E-state index >= 15 is 0 Å². The molecule has 0 saturated carbocycles. The second kappa shape index (κ2) is 1.49. The number of hydrogen-bond acceptors (Lipinski definition) is 3. The monoisotopic (exact) mass is 119 g/mol. The molecule has 0 bridgehead atoms. The highest BCUT2D eigenvalue weighted by atomic mass is 32.1. The van der Waals surface area contributed by atoms with Gasteiger partial charge >= 0.3 is 6.08 Å². The number of halogens is 1. The van der Waals surface area contributed by atoms with E-state index in [9.17, 15) is 4.39 Å². The molecule has 5 heteroatoms. The largest absolute Gasteiger partial charge is 0.307 e. The molecule has 1 N–H and O–H groups in total. The zero-order chi connectivity index (χ0) is 5.28. The summed E-state index contributed by atoms with van der Waals surface area (Å²) in [5.74, 6) is 0. The van der Waals surface area contributed by atoms with E-state index in [4.69, 9.17) is 0 Å². The van der Waals surface area contributed by atoms with Crippen molar-refractivity contribution in [3.05, 3.63) is 6.08 Å². The van der Waals surface area contributed by atoms with E-state index in [2.05, 4.69) is 27.8 Å². The third-order valence-electron chi connectivity index (χ3n) is 0.447. The molecule has 0 spiro atoms. The Hall–Kier alpha value is -0.580. The zero-order valence-corrected chi connectivity index (χ0v) is 4.11. The lowest BCUT2D eigenvalue weighted by Crippen LogP contribution is -1.70. The molecule has 1 heterocycles. The molecule has 1 aromatic heterocycles. The molecule has 0 aliphatic rings. The molecule has 0 amide bonds. The Balaban J connectivity index is 3.04. The van der Waals surface area contributed by atoms with Gasteiger partial charge in [0.1, 0.15) is 0 Å². The highest BCUT2D eigenvalue weighted by molar-refractivity contribution is 7.80. The lowest BCUT2D eigenvalue weighted by Gasteiger charge is -1.66. The molecule has 1 rings (SSSR count). The quantitative estimate of drug-likeness (QED) is 0.480. The van der Waals surface area contributed by atoms with Gasteiger partial charge in [-0.25, -0.2) is 0 Å². The van der Waals surface area contributed by atoms with E-state index in [1.807, 2.05) is 0 Å². The summed E-state index contributed by atoms with van der Waals surface area (Å²) in [5.41, 5.74) is 0. The van der Waals surface area contributed by atoms with Crippen molar-refractivity contribution in [1.29, 1.82) is 0 Å². The number of aromatic amines is 1. The average Bonchev–Trinajstić information content (AvgIpc) is 1.87. The Bertz CT molecular complexity index is 145. The summed E-state index contributed by atoms with van der Waals surface area (Å²) in [5, 5.41) is 6.36. The van der Waals surface area contributed by atoms with Gasteiger partial charge in [-0.3, -0.25) is 4.98 Å². The Morgan fingerprint density at radius 1 is 1.57 bits per heavy atom. The van der Waals surface area contributed by atoms with Crippen molar-refractivity contribution in [3.8, 4) is 0 Å². The first-order valence-electron chi connectivity index (χ1n) is 1.56. The molecule has 1 aromatic rings.